The molecule has 0 aliphatic rings. The predicted molar refractivity (Wildman–Crippen MR) is 49.8 cm³/mol. The number of nitrogens with two attached hydrogens (primary N) is 1. The minimum absolute atomic E-state index is 0.423. The van der Waals surface area contributed by atoms with E-state index in [1.165, 1.54) is 0 Å². The lowest BCUT2D eigenvalue weighted by Crippen LogP contribution is -2.23. The molecule has 1 unspecified atom stereocenters. The smallest absolute Gasteiger partial charge is 0.0991 e. The standard InChI is InChI=1S/C10H12N2O/c1-7(13)10(12)9-4-2-3-8(5-9)6-11/h2-5,7,10,13H,12H2,1H3/t7?,10-/m0/s1. The Morgan fingerprint density at radius 2 is 2.23 bits per heavy atom. The van der Waals surface area contributed by atoms with Gasteiger partial charge in [-0.25, -0.2) is 0 Å². The number of hydrogen-bond acceptors (Lipinski definition) is 3. The Morgan fingerprint density at radius 1 is 1.54 bits per heavy atom. The Labute approximate surface area is 77.4 Å². The topological polar surface area (TPSA) is 70.0 Å². The van der Waals surface area contributed by atoms with Crippen LogP contribution in [-0.4, -0.2) is 11.2 Å². The van der Waals surface area contributed by atoms with Gasteiger partial charge >= 0.3 is 0 Å². The lowest BCUT2D eigenvalue weighted by molar-refractivity contribution is 0.164. The van der Waals surface area contributed by atoms with E-state index in [-0.39, 0.29) is 0 Å². The van der Waals surface area contributed by atoms with Crippen molar-refractivity contribution in [3.63, 3.8) is 0 Å². The van der Waals surface area contributed by atoms with E-state index in [4.69, 9.17) is 11.0 Å². The van der Waals surface area contributed by atoms with Crippen LogP contribution in [0.15, 0.2) is 24.3 Å². The van der Waals surface area contributed by atoms with Gasteiger partial charge in [0.15, 0.2) is 0 Å². The van der Waals surface area contributed by atoms with Crippen LogP contribution in [0.5, 0.6) is 0 Å². The van der Waals surface area contributed by atoms with Gasteiger partial charge in [-0.1, -0.05) is 12.1 Å². The maximum absolute atomic E-state index is 9.23. The van der Waals surface area contributed by atoms with Crippen LogP contribution >= 0.6 is 0 Å². The summed E-state index contributed by atoms with van der Waals surface area (Å²) in [5.41, 5.74) is 7.05. The zero-order valence-electron chi connectivity index (χ0n) is 7.44. The summed E-state index contributed by atoms with van der Waals surface area (Å²) in [6, 6.07) is 8.56. The second-order valence-electron chi connectivity index (χ2n) is 3.00. The van der Waals surface area contributed by atoms with Crippen LogP contribution in [0.1, 0.15) is 24.1 Å². The van der Waals surface area contributed by atoms with Crippen molar-refractivity contribution in [3.8, 4) is 6.07 Å². The van der Waals surface area contributed by atoms with Crippen LogP contribution in [0.25, 0.3) is 0 Å². The third-order valence-electron chi connectivity index (χ3n) is 1.92. The van der Waals surface area contributed by atoms with Gasteiger partial charge in [0.1, 0.15) is 0 Å². The van der Waals surface area contributed by atoms with Gasteiger partial charge in [-0.3, -0.25) is 0 Å². The maximum atomic E-state index is 9.23. The molecule has 2 atom stereocenters. The van der Waals surface area contributed by atoms with Crippen molar-refractivity contribution in [1.29, 1.82) is 5.26 Å². The van der Waals surface area contributed by atoms with Crippen LogP contribution < -0.4 is 5.73 Å². The summed E-state index contributed by atoms with van der Waals surface area (Å²) in [6.45, 7) is 1.63. The zero-order chi connectivity index (χ0) is 9.84. The first-order chi connectivity index (χ1) is 6.15. The molecule has 0 aliphatic heterocycles. The van der Waals surface area contributed by atoms with Gasteiger partial charge in [0.05, 0.1) is 23.8 Å². The van der Waals surface area contributed by atoms with Crippen molar-refractivity contribution in [1.82, 2.24) is 0 Å². The highest BCUT2D eigenvalue weighted by atomic mass is 16.3. The van der Waals surface area contributed by atoms with Gasteiger partial charge in [0, 0.05) is 0 Å². The van der Waals surface area contributed by atoms with Gasteiger partial charge < -0.3 is 10.8 Å². The molecule has 0 amide bonds. The molecule has 1 aromatic rings. The average molecular weight is 176 g/mol. The fraction of sp³-hybridized carbons (Fsp3) is 0.300. The van der Waals surface area contributed by atoms with Crippen LogP contribution in [-0.2, 0) is 0 Å². The van der Waals surface area contributed by atoms with Crippen LogP contribution in [0.3, 0.4) is 0 Å². The van der Waals surface area contributed by atoms with E-state index in [2.05, 4.69) is 0 Å². The summed E-state index contributed by atoms with van der Waals surface area (Å²) >= 11 is 0. The Morgan fingerprint density at radius 3 is 2.77 bits per heavy atom. The first kappa shape index (κ1) is 9.72. The fourth-order valence-corrected chi connectivity index (χ4v) is 1.09. The van der Waals surface area contributed by atoms with Gasteiger partial charge in [-0.15, -0.1) is 0 Å². The Balaban J connectivity index is 2.96. The molecule has 0 heterocycles. The van der Waals surface area contributed by atoms with Gasteiger partial charge in [-0.05, 0) is 24.6 Å². The average Bonchev–Trinajstić information content (AvgIpc) is 2.16. The predicted octanol–water partition coefficient (Wildman–Crippen LogP) is 0.939. The third kappa shape index (κ3) is 2.28. The number of nitrogens with zero attached hydrogens (tertiary/aromatic N) is 1. The number of aliphatic hydroxyl groups excluding tert-OH is 1. The normalized spacial score (nSPS) is 14.6. The Kier molecular flexibility index (Phi) is 3.02. The van der Waals surface area contributed by atoms with E-state index in [0.717, 1.165) is 5.56 Å². The van der Waals surface area contributed by atoms with E-state index < -0.39 is 12.1 Å². The summed E-state index contributed by atoms with van der Waals surface area (Å²) in [4.78, 5) is 0. The molecule has 1 rings (SSSR count). The summed E-state index contributed by atoms with van der Waals surface area (Å²) in [6.07, 6.45) is -0.603. The number of nitriles is 1. The molecule has 0 fully saturated rings. The molecule has 0 bridgehead atoms. The lowest BCUT2D eigenvalue weighted by Gasteiger charge is -2.14. The first-order valence-electron chi connectivity index (χ1n) is 4.09. The third-order valence-corrected chi connectivity index (χ3v) is 1.92. The summed E-state index contributed by atoms with van der Waals surface area (Å²) in [5, 5.41) is 17.9. The van der Waals surface area contributed by atoms with Gasteiger partial charge in [-0.2, -0.15) is 5.26 Å². The van der Waals surface area contributed by atoms with Crippen LogP contribution in [0.2, 0.25) is 0 Å². The molecular weight excluding hydrogens is 164 g/mol. The molecule has 1 aromatic carbocycles. The monoisotopic (exact) mass is 176 g/mol. The van der Waals surface area contributed by atoms with Crippen molar-refractivity contribution in [2.24, 2.45) is 5.73 Å². The zero-order valence-corrected chi connectivity index (χ0v) is 7.44. The number of aliphatic hydroxyl groups is 1. The van der Waals surface area contributed by atoms with E-state index >= 15 is 0 Å². The molecule has 0 radical (unpaired) electrons. The van der Waals surface area contributed by atoms with Crippen molar-refractivity contribution in [2.75, 3.05) is 0 Å². The molecule has 0 spiro atoms. The van der Waals surface area contributed by atoms with E-state index in [1.807, 2.05) is 6.07 Å². The lowest BCUT2D eigenvalue weighted by atomic mass is 10.0. The van der Waals surface area contributed by atoms with Crippen molar-refractivity contribution in [3.05, 3.63) is 35.4 Å². The molecule has 0 saturated carbocycles. The molecule has 3 N–H and O–H groups in total. The molecule has 3 nitrogen and oxygen atoms in total. The van der Waals surface area contributed by atoms with Gasteiger partial charge in [0.2, 0.25) is 0 Å². The molecule has 0 aliphatic carbocycles. The number of hydrogen-bond donors (Lipinski definition) is 2. The largest absolute Gasteiger partial charge is 0.391 e. The minimum Gasteiger partial charge on any atom is -0.391 e. The highest BCUT2D eigenvalue weighted by Crippen LogP contribution is 2.14. The van der Waals surface area contributed by atoms with Gasteiger partial charge in [0.25, 0.3) is 0 Å². The van der Waals surface area contributed by atoms with Crippen LogP contribution in [0, 0.1) is 11.3 Å². The molecular formula is C10H12N2O. The number of rotatable bonds is 2. The Hall–Kier alpha value is -1.37. The summed E-state index contributed by atoms with van der Waals surface area (Å²) in [5.74, 6) is 0. The highest BCUT2D eigenvalue weighted by Gasteiger charge is 2.11. The van der Waals surface area contributed by atoms with Crippen molar-refractivity contribution in [2.45, 2.75) is 19.1 Å². The molecule has 0 aromatic heterocycles. The highest BCUT2D eigenvalue weighted by molar-refractivity contribution is 5.34. The number of benzene rings is 1. The SMILES string of the molecule is CC(O)[C@H](N)c1cccc(C#N)c1. The maximum Gasteiger partial charge on any atom is 0.0991 e. The van der Waals surface area contributed by atoms with E-state index in [0.29, 0.717) is 5.56 Å². The second kappa shape index (κ2) is 4.04. The van der Waals surface area contributed by atoms with E-state index in [1.54, 1.807) is 31.2 Å². The second-order valence-corrected chi connectivity index (χ2v) is 3.00. The quantitative estimate of drug-likeness (QED) is 0.704. The molecule has 68 valence electrons. The fourth-order valence-electron chi connectivity index (χ4n) is 1.09. The first-order valence-corrected chi connectivity index (χ1v) is 4.09. The van der Waals surface area contributed by atoms with Crippen LogP contribution in [0.4, 0.5) is 0 Å². The molecule has 13 heavy (non-hydrogen) atoms. The Bertz CT molecular complexity index is 328. The summed E-state index contributed by atoms with van der Waals surface area (Å²) < 4.78 is 0. The summed E-state index contributed by atoms with van der Waals surface area (Å²) in [7, 11) is 0. The van der Waals surface area contributed by atoms with Crippen molar-refractivity contribution < 1.29 is 5.11 Å². The minimum atomic E-state index is -0.603. The molecule has 0 saturated heterocycles. The van der Waals surface area contributed by atoms with Crippen molar-refractivity contribution >= 4 is 0 Å². The molecule has 3 heteroatoms. The van der Waals surface area contributed by atoms with E-state index in [9.17, 15) is 5.11 Å².